The molecule has 1 fully saturated rings. The quantitative estimate of drug-likeness (QED) is 0.361. The van der Waals surface area contributed by atoms with Crippen LogP contribution in [0.25, 0.3) is 0 Å². The summed E-state index contributed by atoms with van der Waals surface area (Å²) in [4.78, 5) is 24.2. The van der Waals surface area contributed by atoms with E-state index in [2.05, 4.69) is 41.5 Å². The van der Waals surface area contributed by atoms with Crippen molar-refractivity contribution in [2.45, 2.75) is 96.4 Å². The Morgan fingerprint density at radius 2 is 1.29 bits per heavy atom. The van der Waals surface area contributed by atoms with Gasteiger partial charge < -0.3 is 9.16 Å². The van der Waals surface area contributed by atoms with Crippen molar-refractivity contribution in [3.63, 3.8) is 0 Å². The molecule has 1 aliphatic carbocycles. The summed E-state index contributed by atoms with van der Waals surface area (Å²) >= 11 is 0. The number of rotatable bonds is 7. The standard InChI is InChI=1S/C19H34O4Si/c1-14(2)24(15(3)4,16(5)6)23-19(21)13-12-18(20)22-17-10-8-7-9-11-17/h12-17H,7-11H2,1-6H3. The van der Waals surface area contributed by atoms with Gasteiger partial charge >= 0.3 is 11.9 Å². The molecule has 1 aliphatic rings. The highest BCUT2D eigenvalue weighted by atomic mass is 28.4. The van der Waals surface area contributed by atoms with E-state index in [1.807, 2.05) is 0 Å². The lowest BCUT2D eigenvalue weighted by atomic mass is 9.98. The van der Waals surface area contributed by atoms with Crippen LogP contribution in [0.4, 0.5) is 0 Å². The number of carbonyl (C=O) groups excluding carboxylic acids is 2. The molecule has 0 heterocycles. The molecule has 1 rings (SSSR count). The van der Waals surface area contributed by atoms with E-state index >= 15 is 0 Å². The molecule has 1 saturated carbocycles. The van der Waals surface area contributed by atoms with Gasteiger partial charge in [-0.1, -0.05) is 48.0 Å². The fraction of sp³-hybridized carbons (Fsp3) is 0.789. The van der Waals surface area contributed by atoms with Gasteiger partial charge in [-0.15, -0.1) is 0 Å². The summed E-state index contributed by atoms with van der Waals surface area (Å²) in [6, 6.07) is 0. The fourth-order valence-electron chi connectivity index (χ4n) is 4.08. The summed E-state index contributed by atoms with van der Waals surface area (Å²) in [6.45, 7) is 12.8. The Hall–Kier alpha value is -1.10. The summed E-state index contributed by atoms with van der Waals surface area (Å²) in [5.41, 5.74) is 0.970. The molecule has 0 aliphatic heterocycles. The van der Waals surface area contributed by atoms with E-state index in [0.29, 0.717) is 16.6 Å². The van der Waals surface area contributed by atoms with Crippen molar-refractivity contribution in [3.05, 3.63) is 12.2 Å². The van der Waals surface area contributed by atoms with Gasteiger partial charge in [-0.25, -0.2) is 9.59 Å². The Bertz CT molecular complexity index is 427. The first-order valence-electron chi connectivity index (χ1n) is 9.31. The van der Waals surface area contributed by atoms with Crippen molar-refractivity contribution < 1.29 is 18.8 Å². The second-order valence-electron chi connectivity index (χ2n) is 7.77. The molecule has 0 spiro atoms. The first-order chi connectivity index (χ1) is 11.2. The van der Waals surface area contributed by atoms with Crippen LogP contribution in [0.5, 0.6) is 0 Å². The molecule has 24 heavy (non-hydrogen) atoms. The largest absolute Gasteiger partial charge is 0.515 e. The Labute approximate surface area is 148 Å². The first-order valence-corrected chi connectivity index (χ1v) is 11.5. The van der Waals surface area contributed by atoms with Crippen molar-refractivity contribution in [1.29, 1.82) is 0 Å². The smallest absolute Gasteiger partial charge is 0.331 e. The third kappa shape index (κ3) is 5.47. The molecule has 0 aromatic rings. The predicted molar refractivity (Wildman–Crippen MR) is 99.2 cm³/mol. The summed E-state index contributed by atoms with van der Waals surface area (Å²) in [5, 5.41) is 0. The summed E-state index contributed by atoms with van der Waals surface area (Å²) in [5.74, 6) is -0.858. The third-order valence-electron chi connectivity index (χ3n) is 5.17. The minimum absolute atomic E-state index is 0.00220. The van der Waals surface area contributed by atoms with Gasteiger partial charge in [-0.2, -0.15) is 0 Å². The summed E-state index contributed by atoms with van der Waals surface area (Å²) < 4.78 is 11.4. The zero-order valence-electron chi connectivity index (χ0n) is 16.1. The van der Waals surface area contributed by atoms with Crippen LogP contribution in [0.3, 0.4) is 0 Å². The SMILES string of the molecule is CC(C)[Si](OC(=O)C=CC(=O)OC1CCCCC1)(C(C)C)C(C)C. The van der Waals surface area contributed by atoms with Gasteiger partial charge in [-0.05, 0) is 42.3 Å². The Kier molecular flexibility index (Phi) is 8.20. The fourth-order valence-corrected chi connectivity index (χ4v) is 9.21. The van der Waals surface area contributed by atoms with Crippen molar-refractivity contribution >= 4 is 20.3 Å². The Morgan fingerprint density at radius 1 is 0.833 bits per heavy atom. The lowest BCUT2D eigenvalue weighted by Gasteiger charge is -2.40. The van der Waals surface area contributed by atoms with Gasteiger partial charge in [0.1, 0.15) is 6.10 Å². The van der Waals surface area contributed by atoms with E-state index < -0.39 is 20.3 Å². The van der Waals surface area contributed by atoms with Gasteiger partial charge in [0.15, 0.2) is 0 Å². The molecule has 0 aromatic heterocycles. The molecule has 0 saturated heterocycles. The van der Waals surface area contributed by atoms with Gasteiger partial charge in [0.25, 0.3) is 8.32 Å². The highest BCUT2D eigenvalue weighted by Crippen LogP contribution is 2.42. The minimum atomic E-state index is -2.26. The zero-order chi connectivity index (χ0) is 18.3. The average molecular weight is 355 g/mol. The normalized spacial score (nSPS) is 17.0. The van der Waals surface area contributed by atoms with E-state index in [0.717, 1.165) is 25.7 Å². The van der Waals surface area contributed by atoms with Crippen molar-refractivity contribution in [1.82, 2.24) is 0 Å². The van der Waals surface area contributed by atoms with E-state index in [-0.39, 0.29) is 6.10 Å². The maximum atomic E-state index is 12.3. The number of hydrogen-bond donors (Lipinski definition) is 0. The molecule has 138 valence electrons. The van der Waals surface area contributed by atoms with Gasteiger partial charge in [0.05, 0.1) is 0 Å². The first kappa shape index (κ1) is 20.9. The molecule has 4 nitrogen and oxygen atoms in total. The molecule has 0 aromatic carbocycles. The van der Waals surface area contributed by atoms with E-state index in [9.17, 15) is 9.59 Å². The second-order valence-corrected chi connectivity index (χ2v) is 13.1. The predicted octanol–water partition coefficient (Wildman–Crippen LogP) is 5.14. The molecule has 0 N–H and O–H groups in total. The molecule has 0 amide bonds. The lowest BCUT2D eigenvalue weighted by molar-refractivity contribution is -0.144. The van der Waals surface area contributed by atoms with Crippen molar-refractivity contribution in [3.8, 4) is 0 Å². The average Bonchev–Trinajstić information content (AvgIpc) is 2.50. The van der Waals surface area contributed by atoms with E-state index in [1.54, 1.807) is 0 Å². The van der Waals surface area contributed by atoms with Crippen LogP contribution < -0.4 is 0 Å². The zero-order valence-corrected chi connectivity index (χ0v) is 17.1. The van der Waals surface area contributed by atoms with Crippen LogP contribution >= 0.6 is 0 Å². The van der Waals surface area contributed by atoms with Crippen LogP contribution in [0.2, 0.25) is 16.6 Å². The summed E-state index contributed by atoms with van der Waals surface area (Å²) in [7, 11) is -2.26. The van der Waals surface area contributed by atoms with Crippen LogP contribution in [0, 0.1) is 0 Å². The van der Waals surface area contributed by atoms with Gasteiger partial charge in [-0.3, -0.25) is 0 Å². The minimum Gasteiger partial charge on any atom is -0.515 e. The van der Waals surface area contributed by atoms with Crippen LogP contribution in [0.1, 0.15) is 73.6 Å². The number of esters is 1. The highest BCUT2D eigenvalue weighted by molar-refractivity contribution is 6.79. The van der Waals surface area contributed by atoms with Crippen LogP contribution in [-0.2, 0) is 18.8 Å². The van der Waals surface area contributed by atoms with Crippen LogP contribution in [-0.4, -0.2) is 26.4 Å². The molecular formula is C19H34O4Si. The molecule has 5 heteroatoms. The van der Waals surface area contributed by atoms with Crippen molar-refractivity contribution in [2.75, 3.05) is 0 Å². The number of carbonyl (C=O) groups is 2. The topological polar surface area (TPSA) is 52.6 Å². The van der Waals surface area contributed by atoms with Crippen LogP contribution in [0.15, 0.2) is 12.2 Å². The van der Waals surface area contributed by atoms with Gasteiger partial charge in [0.2, 0.25) is 0 Å². The lowest BCUT2D eigenvalue weighted by Crippen LogP contribution is -2.49. The summed E-state index contributed by atoms with van der Waals surface area (Å²) in [6.07, 6.45) is 7.73. The second kappa shape index (κ2) is 9.40. The van der Waals surface area contributed by atoms with E-state index in [1.165, 1.54) is 18.6 Å². The third-order valence-corrected chi connectivity index (χ3v) is 11.1. The monoisotopic (exact) mass is 354 g/mol. The highest BCUT2D eigenvalue weighted by Gasteiger charge is 2.47. The maximum absolute atomic E-state index is 12.3. The number of ether oxygens (including phenoxy) is 1. The molecule has 0 unspecified atom stereocenters. The Morgan fingerprint density at radius 3 is 1.75 bits per heavy atom. The van der Waals surface area contributed by atoms with Gasteiger partial charge in [0, 0.05) is 12.2 Å². The number of hydrogen-bond acceptors (Lipinski definition) is 4. The van der Waals surface area contributed by atoms with Crippen molar-refractivity contribution in [2.24, 2.45) is 0 Å². The van der Waals surface area contributed by atoms with E-state index in [4.69, 9.17) is 9.16 Å². The molecular weight excluding hydrogens is 320 g/mol. The molecule has 0 radical (unpaired) electrons. The Balaban J connectivity index is 2.66. The molecule has 0 atom stereocenters. The molecule has 0 bridgehead atoms. The maximum Gasteiger partial charge on any atom is 0.331 e.